The Morgan fingerprint density at radius 1 is 1.07 bits per heavy atom. The third-order valence-electron chi connectivity index (χ3n) is 2.22. The molecule has 0 unspecified atom stereocenters. The molecule has 0 saturated carbocycles. The molecule has 0 bridgehead atoms. The van der Waals surface area contributed by atoms with Gasteiger partial charge in [-0.1, -0.05) is 42.8 Å². The second-order valence-corrected chi connectivity index (χ2v) is 4.87. The zero-order valence-electron chi connectivity index (χ0n) is 7.96. The van der Waals surface area contributed by atoms with Crippen LogP contribution < -0.4 is 0 Å². The zero-order chi connectivity index (χ0) is 9.97. The van der Waals surface area contributed by atoms with Crippen molar-refractivity contribution in [2.45, 2.75) is 13.3 Å². The van der Waals surface area contributed by atoms with Crippen LogP contribution in [0, 0.1) is 0 Å². The molecule has 2 rings (SSSR count). The Balaban J connectivity index is 2.33. The standard InChI is InChI=1S/C12H11ClS/c1-2-9-3-5-10(6-4-9)11-7-8-12(13)14-11/h3-8H,2H2,1H3. The Labute approximate surface area is 93.2 Å². The summed E-state index contributed by atoms with van der Waals surface area (Å²) in [5.74, 6) is 0. The minimum atomic E-state index is 0.847. The molecule has 0 radical (unpaired) electrons. The smallest absolute Gasteiger partial charge is 0.0934 e. The molecule has 1 heterocycles. The van der Waals surface area contributed by atoms with Gasteiger partial charge in [-0.2, -0.15) is 0 Å². The first-order valence-electron chi connectivity index (χ1n) is 4.64. The van der Waals surface area contributed by atoms with E-state index in [-0.39, 0.29) is 0 Å². The van der Waals surface area contributed by atoms with Crippen LogP contribution in [0.5, 0.6) is 0 Å². The van der Waals surface area contributed by atoms with E-state index in [0.717, 1.165) is 10.8 Å². The Morgan fingerprint density at radius 3 is 2.29 bits per heavy atom. The third kappa shape index (κ3) is 1.99. The highest BCUT2D eigenvalue weighted by Gasteiger charge is 2.00. The van der Waals surface area contributed by atoms with E-state index in [2.05, 4.69) is 37.3 Å². The molecule has 0 aliphatic rings. The van der Waals surface area contributed by atoms with Crippen molar-refractivity contribution in [1.82, 2.24) is 0 Å². The zero-order valence-corrected chi connectivity index (χ0v) is 9.53. The number of hydrogen-bond acceptors (Lipinski definition) is 1. The summed E-state index contributed by atoms with van der Waals surface area (Å²) in [6.07, 6.45) is 1.09. The Morgan fingerprint density at radius 2 is 1.79 bits per heavy atom. The van der Waals surface area contributed by atoms with Gasteiger partial charge in [-0.05, 0) is 29.7 Å². The maximum atomic E-state index is 5.89. The average molecular weight is 223 g/mol. The average Bonchev–Trinajstić information content (AvgIpc) is 2.65. The van der Waals surface area contributed by atoms with E-state index in [9.17, 15) is 0 Å². The van der Waals surface area contributed by atoms with Crippen LogP contribution in [0.1, 0.15) is 12.5 Å². The first-order chi connectivity index (χ1) is 6.79. The lowest BCUT2D eigenvalue weighted by Crippen LogP contribution is -1.78. The number of hydrogen-bond donors (Lipinski definition) is 0. The van der Waals surface area contributed by atoms with Gasteiger partial charge in [0.05, 0.1) is 4.34 Å². The summed E-state index contributed by atoms with van der Waals surface area (Å²) in [7, 11) is 0. The minimum Gasteiger partial charge on any atom is -0.123 e. The van der Waals surface area contributed by atoms with Crippen molar-refractivity contribution >= 4 is 22.9 Å². The number of benzene rings is 1. The fourth-order valence-electron chi connectivity index (χ4n) is 1.37. The first kappa shape index (κ1) is 9.75. The molecule has 72 valence electrons. The maximum absolute atomic E-state index is 5.89. The third-order valence-corrected chi connectivity index (χ3v) is 3.50. The SMILES string of the molecule is CCc1ccc(-c2ccc(Cl)s2)cc1. The number of halogens is 1. The van der Waals surface area contributed by atoms with Crippen molar-refractivity contribution < 1.29 is 0 Å². The van der Waals surface area contributed by atoms with Crippen molar-refractivity contribution in [1.29, 1.82) is 0 Å². The fourth-order valence-corrected chi connectivity index (χ4v) is 2.42. The van der Waals surface area contributed by atoms with Crippen LogP contribution in [-0.2, 0) is 6.42 Å². The van der Waals surface area contributed by atoms with E-state index in [4.69, 9.17) is 11.6 Å². The van der Waals surface area contributed by atoms with E-state index in [0.29, 0.717) is 0 Å². The molecule has 0 atom stereocenters. The molecule has 0 saturated heterocycles. The normalized spacial score (nSPS) is 10.4. The summed E-state index contributed by atoms with van der Waals surface area (Å²) in [6.45, 7) is 2.16. The van der Waals surface area contributed by atoms with Gasteiger partial charge in [-0.25, -0.2) is 0 Å². The van der Waals surface area contributed by atoms with Crippen LogP contribution in [0.3, 0.4) is 0 Å². The molecular formula is C12H11ClS. The predicted molar refractivity (Wildman–Crippen MR) is 64.1 cm³/mol. The van der Waals surface area contributed by atoms with Crippen LogP contribution >= 0.6 is 22.9 Å². The van der Waals surface area contributed by atoms with Gasteiger partial charge in [0, 0.05) is 4.88 Å². The van der Waals surface area contributed by atoms with Crippen LogP contribution in [-0.4, -0.2) is 0 Å². The molecule has 0 nitrogen and oxygen atoms in total. The molecule has 0 aliphatic carbocycles. The van der Waals surface area contributed by atoms with E-state index >= 15 is 0 Å². The van der Waals surface area contributed by atoms with Gasteiger partial charge in [-0.15, -0.1) is 11.3 Å². The van der Waals surface area contributed by atoms with Gasteiger partial charge in [0.2, 0.25) is 0 Å². The number of rotatable bonds is 2. The van der Waals surface area contributed by atoms with Crippen LogP contribution in [0.4, 0.5) is 0 Å². The quantitative estimate of drug-likeness (QED) is 0.695. The molecule has 14 heavy (non-hydrogen) atoms. The molecule has 0 aliphatic heterocycles. The number of thiophene rings is 1. The Bertz CT molecular complexity index is 414. The lowest BCUT2D eigenvalue weighted by Gasteiger charge is -1.99. The summed E-state index contributed by atoms with van der Waals surface area (Å²) in [5.41, 5.74) is 2.62. The molecule has 0 fully saturated rings. The van der Waals surface area contributed by atoms with Gasteiger partial charge in [0.15, 0.2) is 0 Å². The summed E-state index contributed by atoms with van der Waals surface area (Å²) in [4.78, 5) is 1.23. The van der Waals surface area contributed by atoms with Crippen LogP contribution in [0.15, 0.2) is 36.4 Å². The fraction of sp³-hybridized carbons (Fsp3) is 0.167. The van der Waals surface area contributed by atoms with Crippen molar-refractivity contribution in [2.75, 3.05) is 0 Å². The molecule has 1 aromatic carbocycles. The van der Waals surface area contributed by atoms with Gasteiger partial charge in [0.1, 0.15) is 0 Å². The molecule has 1 aromatic heterocycles. The molecule has 0 N–H and O–H groups in total. The second kappa shape index (κ2) is 4.16. The summed E-state index contributed by atoms with van der Waals surface area (Å²) in [5, 5.41) is 0. The van der Waals surface area contributed by atoms with Crippen LogP contribution in [0.2, 0.25) is 4.34 Å². The molecule has 2 heteroatoms. The first-order valence-corrected chi connectivity index (χ1v) is 5.83. The number of aryl methyl sites for hydroxylation is 1. The highest BCUT2D eigenvalue weighted by atomic mass is 35.5. The molecule has 0 amide bonds. The van der Waals surface area contributed by atoms with Crippen molar-refractivity contribution in [3.05, 3.63) is 46.3 Å². The van der Waals surface area contributed by atoms with Crippen LogP contribution in [0.25, 0.3) is 10.4 Å². The maximum Gasteiger partial charge on any atom is 0.0934 e. The van der Waals surface area contributed by atoms with Crippen molar-refractivity contribution in [3.63, 3.8) is 0 Å². The largest absolute Gasteiger partial charge is 0.123 e. The van der Waals surface area contributed by atoms with E-state index < -0.39 is 0 Å². The minimum absolute atomic E-state index is 0.847. The predicted octanol–water partition coefficient (Wildman–Crippen LogP) is 4.63. The molecular weight excluding hydrogens is 212 g/mol. The van der Waals surface area contributed by atoms with E-state index in [1.807, 2.05) is 6.07 Å². The summed E-state index contributed by atoms with van der Waals surface area (Å²) in [6, 6.07) is 12.6. The lowest BCUT2D eigenvalue weighted by atomic mass is 10.1. The molecule has 2 aromatic rings. The van der Waals surface area contributed by atoms with Crippen molar-refractivity contribution in [3.8, 4) is 10.4 Å². The van der Waals surface area contributed by atoms with E-state index in [1.165, 1.54) is 16.0 Å². The highest BCUT2D eigenvalue weighted by molar-refractivity contribution is 7.19. The molecule has 0 spiro atoms. The summed E-state index contributed by atoms with van der Waals surface area (Å²) < 4.78 is 0.847. The van der Waals surface area contributed by atoms with E-state index in [1.54, 1.807) is 11.3 Å². The summed E-state index contributed by atoms with van der Waals surface area (Å²) >= 11 is 7.51. The second-order valence-electron chi connectivity index (χ2n) is 3.15. The topological polar surface area (TPSA) is 0 Å². The Hall–Kier alpha value is -0.790. The highest BCUT2D eigenvalue weighted by Crippen LogP contribution is 2.30. The van der Waals surface area contributed by atoms with Gasteiger partial charge < -0.3 is 0 Å². The lowest BCUT2D eigenvalue weighted by molar-refractivity contribution is 1.14. The van der Waals surface area contributed by atoms with Gasteiger partial charge in [0.25, 0.3) is 0 Å². The Kier molecular flexibility index (Phi) is 2.90. The monoisotopic (exact) mass is 222 g/mol. The van der Waals surface area contributed by atoms with Gasteiger partial charge in [-0.3, -0.25) is 0 Å². The van der Waals surface area contributed by atoms with Gasteiger partial charge >= 0.3 is 0 Å². The van der Waals surface area contributed by atoms with Crippen molar-refractivity contribution in [2.24, 2.45) is 0 Å².